The second-order valence-electron chi connectivity index (χ2n) is 3.81. The lowest BCUT2D eigenvalue weighted by Gasteiger charge is -2.16. The van der Waals surface area contributed by atoms with Gasteiger partial charge in [0.15, 0.2) is 0 Å². The summed E-state index contributed by atoms with van der Waals surface area (Å²) in [6.45, 7) is 1.34. The van der Waals surface area contributed by atoms with Gasteiger partial charge in [-0.1, -0.05) is 22.9 Å². The van der Waals surface area contributed by atoms with Gasteiger partial charge in [-0.3, -0.25) is 4.79 Å². The Morgan fingerprint density at radius 1 is 1.50 bits per heavy atom. The highest BCUT2D eigenvalue weighted by molar-refractivity contribution is 9.10. The van der Waals surface area contributed by atoms with E-state index in [1.54, 1.807) is 0 Å². The molecule has 2 N–H and O–H groups in total. The Morgan fingerprint density at radius 2 is 2.11 bits per heavy atom. The van der Waals surface area contributed by atoms with E-state index in [4.69, 9.17) is 5.11 Å². The van der Waals surface area contributed by atoms with Crippen molar-refractivity contribution >= 4 is 27.6 Å². The molecule has 0 spiro atoms. The quantitative estimate of drug-likeness (QED) is 0.889. The Bertz CT molecular complexity index is 448. The third-order valence-electron chi connectivity index (χ3n) is 2.31. The number of carboxylic acid groups (broad SMARTS) is 1. The molecule has 7 heteroatoms. The maximum Gasteiger partial charge on any atom is 0.418 e. The Morgan fingerprint density at radius 3 is 2.61 bits per heavy atom. The van der Waals surface area contributed by atoms with Crippen LogP contribution in [0.3, 0.4) is 0 Å². The predicted molar refractivity (Wildman–Crippen MR) is 64.4 cm³/mol. The van der Waals surface area contributed by atoms with Crippen molar-refractivity contribution in [1.82, 2.24) is 0 Å². The van der Waals surface area contributed by atoms with Crippen molar-refractivity contribution in [1.29, 1.82) is 0 Å². The number of benzene rings is 1. The molecule has 0 saturated heterocycles. The van der Waals surface area contributed by atoms with Gasteiger partial charge in [-0.25, -0.2) is 0 Å². The molecule has 1 unspecified atom stereocenters. The van der Waals surface area contributed by atoms with E-state index in [0.29, 0.717) is 4.47 Å². The molecule has 0 aliphatic heterocycles. The van der Waals surface area contributed by atoms with Gasteiger partial charge < -0.3 is 10.4 Å². The van der Waals surface area contributed by atoms with Gasteiger partial charge in [-0.2, -0.15) is 13.2 Å². The molecular formula is C11H11BrF3NO2. The Labute approximate surface area is 110 Å². The van der Waals surface area contributed by atoms with E-state index in [2.05, 4.69) is 21.2 Å². The zero-order chi connectivity index (χ0) is 13.9. The van der Waals surface area contributed by atoms with Gasteiger partial charge in [0.2, 0.25) is 0 Å². The first kappa shape index (κ1) is 14.8. The topological polar surface area (TPSA) is 49.3 Å². The normalized spacial score (nSPS) is 13.2. The third-order valence-corrected chi connectivity index (χ3v) is 2.80. The Hall–Kier alpha value is -1.24. The fourth-order valence-corrected chi connectivity index (χ4v) is 1.62. The van der Waals surface area contributed by atoms with E-state index in [9.17, 15) is 18.0 Å². The number of hydrogen-bond donors (Lipinski definition) is 2. The molecule has 0 aliphatic carbocycles. The van der Waals surface area contributed by atoms with Crippen molar-refractivity contribution < 1.29 is 23.1 Å². The predicted octanol–water partition coefficient (Wildman–Crippen LogP) is 3.60. The molecule has 0 bridgehead atoms. The van der Waals surface area contributed by atoms with Crippen LogP contribution < -0.4 is 5.32 Å². The number of nitrogens with one attached hydrogen (secondary N) is 1. The molecule has 0 amide bonds. The number of rotatable bonds is 4. The fourth-order valence-electron chi connectivity index (χ4n) is 1.26. The molecule has 0 saturated carbocycles. The number of alkyl halides is 3. The lowest BCUT2D eigenvalue weighted by molar-refractivity contribution is -0.140. The average molecular weight is 326 g/mol. The summed E-state index contributed by atoms with van der Waals surface area (Å²) in [5.41, 5.74) is -0.951. The van der Waals surface area contributed by atoms with Crippen molar-refractivity contribution in [3.63, 3.8) is 0 Å². The zero-order valence-electron chi connectivity index (χ0n) is 9.38. The minimum atomic E-state index is -4.48. The van der Waals surface area contributed by atoms with Crippen LogP contribution in [0, 0.1) is 5.92 Å². The smallest absolute Gasteiger partial charge is 0.418 e. The molecule has 0 radical (unpaired) electrons. The van der Waals surface area contributed by atoms with E-state index >= 15 is 0 Å². The average Bonchev–Trinajstić information content (AvgIpc) is 2.23. The minimum absolute atomic E-state index is 0.0745. The number of hydrogen-bond acceptors (Lipinski definition) is 2. The first-order valence-corrected chi connectivity index (χ1v) is 5.84. The standard InChI is InChI=1S/C11H11BrF3NO2/c1-6(10(17)18)5-16-9-4-7(12)2-3-8(9)11(13,14)15/h2-4,6,16H,5H2,1H3,(H,17,18). The lowest BCUT2D eigenvalue weighted by atomic mass is 10.1. The van der Waals surface area contributed by atoms with E-state index < -0.39 is 23.6 Å². The molecular weight excluding hydrogens is 315 g/mol. The summed E-state index contributed by atoms with van der Waals surface area (Å²) in [4.78, 5) is 10.6. The zero-order valence-corrected chi connectivity index (χ0v) is 11.0. The highest BCUT2D eigenvalue weighted by Gasteiger charge is 2.33. The van der Waals surface area contributed by atoms with Gasteiger partial charge in [-0.15, -0.1) is 0 Å². The summed E-state index contributed by atoms with van der Waals surface area (Å²) in [5.74, 6) is -1.84. The van der Waals surface area contributed by atoms with Gasteiger partial charge in [0.25, 0.3) is 0 Å². The van der Waals surface area contributed by atoms with Crippen molar-refractivity contribution in [2.24, 2.45) is 5.92 Å². The van der Waals surface area contributed by atoms with E-state index in [-0.39, 0.29) is 12.2 Å². The SMILES string of the molecule is CC(CNc1cc(Br)ccc1C(F)(F)F)C(=O)O. The molecule has 1 aromatic rings. The molecule has 1 rings (SSSR count). The molecule has 0 fully saturated rings. The van der Waals surface area contributed by atoms with Gasteiger partial charge in [0.05, 0.1) is 11.5 Å². The van der Waals surface area contributed by atoms with Crippen molar-refractivity contribution in [2.75, 3.05) is 11.9 Å². The van der Waals surface area contributed by atoms with Crippen LogP contribution in [0.5, 0.6) is 0 Å². The third kappa shape index (κ3) is 3.90. The summed E-state index contributed by atoms with van der Waals surface area (Å²) < 4.78 is 38.6. The molecule has 100 valence electrons. The molecule has 18 heavy (non-hydrogen) atoms. The fraction of sp³-hybridized carbons (Fsp3) is 0.364. The van der Waals surface area contributed by atoms with Gasteiger partial charge >= 0.3 is 12.1 Å². The van der Waals surface area contributed by atoms with Gasteiger partial charge in [-0.05, 0) is 18.2 Å². The number of carbonyl (C=O) groups is 1. The maximum absolute atomic E-state index is 12.7. The summed E-state index contributed by atoms with van der Waals surface area (Å²) in [7, 11) is 0. The number of halogens is 4. The first-order chi connectivity index (χ1) is 8.21. The number of aliphatic carboxylic acids is 1. The molecule has 1 atom stereocenters. The second-order valence-corrected chi connectivity index (χ2v) is 4.72. The highest BCUT2D eigenvalue weighted by Crippen LogP contribution is 2.36. The molecule has 0 aliphatic rings. The largest absolute Gasteiger partial charge is 0.481 e. The van der Waals surface area contributed by atoms with Crippen LogP contribution in [-0.2, 0) is 11.0 Å². The molecule has 0 aromatic heterocycles. The van der Waals surface area contributed by atoms with E-state index in [1.165, 1.54) is 19.1 Å². The minimum Gasteiger partial charge on any atom is -0.481 e. The first-order valence-electron chi connectivity index (χ1n) is 5.05. The summed E-state index contributed by atoms with van der Waals surface area (Å²) in [6.07, 6.45) is -4.48. The number of carboxylic acids is 1. The Balaban J connectivity index is 2.93. The van der Waals surface area contributed by atoms with Gasteiger partial charge in [0, 0.05) is 16.7 Å². The van der Waals surface area contributed by atoms with Gasteiger partial charge in [0.1, 0.15) is 0 Å². The summed E-state index contributed by atoms with van der Waals surface area (Å²) in [6, 6.07) is 3.50. The van der Waals surface area contributed by atoms with Crippen molar-refractivity contribution in [3.05, 3.63) is 28.2 Å². The summed E-state index contributed by atoms with van der Waals surface area (Å²) in [5, 5.41) is 11.2. The van der Waals surface area contributed by atoms with Crippen LogP contribution in [0.1, 0.15) is 12.5 Å². The maximum atomic E-state index is 12.7. The van der Waals surface area contributed by atoms with Crippen LogP contribution in [0.2, 0.25) is 0 Å². The monoisotopic (exact) mass is 325 g/mol. The summed E-state index contributed by atoms with van der Waals surface area (Å²) >= 11 is 3.08. The Kier molecular flexibility index (Phi) is 4.61. The van der Waals surface area contributed by atoms with Crippen LogP contribution in [0.4, 0.5) is 18.9 Å². The lowest BCUT2D eigenvalue weighted by Crippen LogP contribution is -2.21. The van der Waals surface area contributed by atoms with Crippen LogP contribution >= 0.6 is 15.9 Å². The van der Waals surface area contributed by atoms with E-state index in [1.807, 2.05) is 0 Å². The van der Waals surface area contributed by atoms with E-state index in [0.717, 1.165) is 6.07 Å². The highest BCUT2D eigenvalue weighted by atomic mass is 79.9. The van der Waals surface area contributed by atoms with Crippen LogP contribution in [0.25, 0.3) is 0 Å². The molecule has 1 aromatic carbocycles. The van der Waals surface area contributed by atoms with Crippen molar-refractivity contribution in [2.45, 2.75) is 13.1 Å². The van der Waals surface area contributed by atoms with Crippen molar-refractivity contribution in [3.8, 4) is 0 Å². The second kappa shape index (κ2) is 5.60. The molecule has 0 heterocycles. The number of anilines is 1. The van der Waals surface area contributed by atoms with Crippen LogP contribution in [-0.4, -0.2) is 17.6 Å². The molecule has 3 nitrogen and oxygen atoms in total. The van der Waals surface area contributed by atoms with Crippen LogP contribution in [0.15, 0.2) is 22.7 Å².